The average molecular weight is 286 g/mol. The summed E-state index contributed by atoms with van der Waals surface area (Å²) in [4.78, 5) is 15.0. The van der Waals surface area contributed by atoms with Crippen LogP contribution >= 0.6 is 11.3 Å². The minimum absolute atomic E-state index is 0.507. The number of benzene rings is 1. The first-order valence-corrected chi connectivity index (χ1v) is 6.58. The van der Waals surface area contributed by atoms with Crippen molar-refractivity contribution in [1.29, 1.82) is 0 Å². The molecule has 0 saturated heterocycles. The Balaban J connectivity index is 1.85. The van der Waals surface area contributed by atoms with Gasteiger partial charge in [0.1, 0.15) is 5.76 Å². The Hall–Kier alpha value is -2.67. The second-order valence-electron chi connectivity index (χ2n) is 3.92. The first kappa shape index (κ1) is 12.4. The molecule has 0 unspecified atom stereocenters. The lowest BCUT2D eigenvalue weighted by Gasteiger charge is -1.90. The van der Waals surface area contributed by atoms with Gasteiger partial charge < -0.3 is 10.2 Å². The molecule has 3 aromatic rings. The van der Waals surface area contributed by atoms with Crippen LogP contribution in [0, 0.1) is 0 Å². The number of thiazole rings is 1. The summed E-state index contributed by atoms with van der Waals surface area (Å²) in [5.41, 5.74) is 7.93. The van der Waals surface area contributed by atoms with Crippen molar-refractivity contribution in [1.82, 2.24) is 10.4 Å². The van der Waals surface area contributed by atoms with Crippen molar-refractivity contribution in [3.8, 4) is 10.8 Å². The lowest BCUT2D eigenvalue weighted by molar-refractivity contribution is 0.249. The van der Waals surface area contributed by atoms with Crippen LogP contribution in [-0.4, -0.2) is 17.2 Å². The normalized spacial score (nSPS) is 11.2. The van der Waals surface area contributed by atoms with Crippen LogP contribution < -0.4 is 11.2 Å². The Labute approximate surface area is 117 Å². The predicted molar refractivity (Wildman–Crippen MR) is 77.6 cm³/mol. The molecule has 6 nitrogen and oxygen atoms in total. The molecule has 0 aliphatic rings. The standard InChI is InChI=1S/C13H10N4O2S/c14-13(18)17-15-7-8-5-6-10(19-8)12-16-9-3-1-2-4-11(9)20-12/h1-7H,(H3,14,17,18)/b15-7+. The van der Waals surface area contributed by atoms with Gasteiger partial charge in [0, 0.05) is 0 Å². The summed E-state index contributed by atoms with van der Waals surface area (Å²) < 4.78 is 6.69. The fraction of sp³-hybridized carbons (Fsp3) is 0. The molecular weight excluding hydrogens is 276 g/mol. The number of hydrogen-bond acceptors (Lipinski definition) is 5. The zero-order valence-electron chi connectivity index (χ0n) is 10.2. The van der Waals surface area contributed by atoms with E-state index in [4.69, 9.17) is 10.2 Å². The molecule has 0 spiro atoms. The first-order valence-electron chi connectivity index (χ1n) is 5.77. The fourth-order valence-electron chi connectivity index (χ4n) is 1.67. The summed E-state index contributed by atoms with van der Waals surface area (Å²) in [6.07, 6.45) is 1.38. The number of urea groups is 1. The van der Waals surface area contributed by atoms with Crippen molar-refractivity contribution >= 4 is 33.8 Å². The molecule has 7 heteroatoms. The second-order valence-corrected chi connectivity index (χ2v) is 4.95. The van der Waals surface area contributed by atoms with Crippen molar-refractivity contribution in [3.63, 3.8) is 0 Å². The number of nitrogens with zero attached hydrogens (tertiary/aromatic N) is 2. The van der Waals surface area contributed by atoms with E-state index in [1.807, 2.05) is 30.3 Å². The first-order chi connectivity index (χ1) is 9.72. The third-order valence-electron chi connectivity index (χ3n) is 2.50. The van der Waals surface area contributed by atoms with Crippen LogP contribution in [0.5, 0.6) is 0 Å². The summed E-state index contributed by atoms with van der Waals surface area (Å²) >= 11 is 1.55. The summed E-state index contributed by atoms with van der Waals surface area (Å²) in [6, 6.07) is 10.7. The highest BCUT2D eigenvalue weighted by Gasteiger charge is 2.09. The number of primary amides is 1. The monoisotopic (exact) mass is 286 g/mol. The molecule has 20 heavy (non-hydrogen) atoms. The maximum atomic E-state index is 10.5. The molecule has 0 atom stereocenters. The number of carbonyl (C=O) groups is 1. The van der Waals surface area contributed by atoms with Crippen molar-refractivity contribution in [2.75, 3.05) is 0 Å². The molecular formula is C13H10N4O2S. The average Bonchev–Trinajstić information content (AvgIpc) is 3.03. The van der Waals surface area contributed by atoms with Gasteiger partial charge >= 0.3 is 6.03 Å². The van der Waals surface area contributed by atoms with Crippen LogP contribution in [0.15, 0.2) is 45.9 Å². The molecule has 3 N–H and O–H groups in total. The van der Waals surface area contributed by atoms with Gasteiger partial charge in [-0.3, -0.25) is 0 Å². The lowest BCUT2D eigenvalue weighted by atomic mass is 10.3. The topological polar surface area (TPSA) is 93.5 Å². The zero-order valence-corrected chi connectivity index (χ0v) is 11.1. The molecule has 0 saturated carbocycles. The minimum atomic E-state index is -0.723. The van der Waals surface area contributed by atoms with Crippen LogP contribution in [0.3, 0.4) is 0 Å². The number of amides is 2. The molecule has 2 heterocycles. The highest BCUT2D eigenvalue weighted by atomic mass is 32.1. The number of carbonyl (C=O) groups excluding carboxylic acids is 1. The molecule has 3 rings (SSSR count). The molecule has 0 fully saturated rings. The van der Waals surface area contributed by atoms with Gasteiger partial charge in [0.05, 0.1) is 16.4 Å². The lowest BCUT2D eigenvalue weighted by Crippen LogP contribution is -2.24. The SMILES string of the molecule is NC(=O)N/N=C/c1ccc(-c2nc3ccccc3s2)o1. The summed E-state index contributed by atoms with van der Waals surface area (Å²) in [5, 5.41) is 4.43. The van der Waals surface area contributed by atoms with Crippen LogP contribution in [-0.2, 0) is 0 Å². The van der Waals surface area contributed by atoms with Gasteiger partial charge in [-0.2, -0.15) is 5.10 Å². The third kappa shape index (κ3) is 2.52. The number of nitrogens with two attached hydrogens (primary N) is 1. The molecule has 0 radical (unpaired) electrons. The van der Waals surface area contributed by atoms with Crippen molar-refractivity contribution in [2.45, 2.75) is 0 Å². The van der Waals surface area contributed by atoms with E-state index in [0.29, 0.717) is 11.5 Å². The van der Waals surface area contributed by atoms with Gasteiger partial charge in [-0.15, -0.1) is 11.3 Å². The molecule has 0 bridgehead atoms. The van der Waals surface area contributed by atoms with E-state index in [-0.39, 0.29) is 0 Å². The van der Waals surface area contributed by atoms with E-state index < -0.39 is 6.03 Å². The number of rotatable bonds is 3. The Bertz CT molecular complexity index is 757. The Kier molecular flexibility index (Phi) is 3.18. The molecule has 2 aromatic heterocycles. The minimum Gasteiger partial charge on any atom is -0.453 e. The van der Waals surface area contributed by atoms with Gasteiger partial charge in [0.15, 0.2) is 10.8 Å². The van der Waals surface area contributed by atoms with E-state index in [2.05, 4.69) is 15.5 Å². The number of fused-ring (bicyclic) bond motifs is 1. The Morgan fingerprint density at radius 3 is 3.00 bits per heavy atom. The van der Waals surface area contributed by atoms with Crippen molar-refractivity contribution in [2.24, 2.45) is 10.8 Å². The number of hydrazone groups is 1. The van der Waals surface area contributed by atoms with Crippen molar-refractivity contribution in [3.05, 3.63) is 42.2 Å². The van der Waals surface area contributed by atoms with Crippen LogP contribution in [0.25, 0.3) is 21.0 Å². The van der Waals surface area contributed by atoms with Crippen LogP contribution in [0.4, 0.5) is 4.79 Å². The molecule has 0 aliphatic heterocycles. The van der Waals surface area contributed by atoms with Crippen molar-refractivity contribution < 1.29 is 9.21 Å². The molecule has 0 aliphatic carbocycles. The highest BCUT2D eigenvalue weighted by Crippen LogP contribution is 2.30. The van der Waals surface area contributed by atoms with E-state index in [9.17, 15) is 4.79 Å². The van der Waals surface area contributed by atoms with Gasteiger partial charge in [-0.1, -0.05) is 12.1 Å². The maximum Gasteiger partial charge on any atom is 0.332 e. The summed E-state index contributed by atoms with van der Waals surface area (Å²) in [7, 11) is 0. The number of para-hydroxylation sites is 1. The van der Waals surface area contributed by atoms with Gasteiger partial charge in [-0.25, -0.2) is 15.2 Å². The molecule has 1 aromatic carbocycles. The predicted octanol–water partition coefficient (Wildman–Crippen LogP) is 2.56. The quantitative estimate of drug-likeness (QED) is 0.572. The van der Waals surface area contributed by atoms with Gasteiger partial charge in [0.25, 0.3) is 0 Å². The fourth-order valence-corrected chi connectivity index (χ4v) is 2.60. The summed E-state index contributed by atoms with van der Waals surface area (Å²) in [5.74, 6) is 1.17. The Morgan fingerprint density at radius 2 is 2.20 bits per heavy atom. The van der Waals surface area contributed by atoms with E-state index in [1.165, 1.54) is 6.21 Å². The summed E-state index contributed by atoms with van der Waals surface area (Å²) in [6.45, 7) is 0. The largest absolute Gasteiger partial charge is 0.453 e. The Morgan fingerprint density at radius 1 is 1.35 bits per heavy atom. The zero-order chi connectivity index (χ0) is 13.9. The number of hydrogen-bond donors (Lipinski definition) is 2. The van der Waals surface area contributed by atoms with E-state index >= 15 is 0 Å². The van der Waals surface area contributed by atoms with E-state index in [1.54, 1.807) is 17.4 Å². The molecule has 2 amide bonds. The number of nitrogens with one attached hydrogen (secondary N) is 1. The van der Waals surface area contributed by atoms with Crippen LogP contribution in [0.1, 0.15) is 5.76 Å². The second kappa shape index (κ2) is 5.14. The van der Waals surface area contributed by atoms with Gasteiger partial charge in [0.2, 0.25) is 0 Å². The van der Waals surface area contributed by atoms with E-state index in [0.717, 1.165) is 15.2 Å². The van der Waals surface area contributed by atoms with Gasteiger partial charge in [-0.05, 0) is 24.3 Å². The molecule has 100 valence electrons. The maximum absolute atomic E-state index is 10.5. The number of furan rings is 1. The van der Waals surface area contributed by atoms with Crippen LogP contribution in [0.2, 0.25) is 0 Å². The smallest absolute Gasteiger partial charge is 0.332 e. The number of aromatic nitrogens is 1. The highest BCUT2D eigenvalue weighted by molar-refractivity contribution is 7.21. The third-order valence-corrected chi connectivity index (χ3v) is 3.55.